The van der Waals surface area contributed by atoms with E-state index in [1.807, 2.05) is 24.3 Å². The molecule has 0 aliphatic carbocycles. The van der Waals surface area contributed by atoms with E-state index < -0.39 is 22.6 Å². The first-order chi connectivity index (χ1) is 15.9. The molecule has 12 heteroatoms. The lowest BCUT2D eigenvalue weighted by Gasteiger charge is -2.35. The Morgan fingerprint density at radius 3 is 2.88 bits per heavy atom. The molecule has 10 nitrogen and oxygen atoms in total. The van der Waals surface area contributed by atoms with Crippen molar-refractivity contribution in [3.05, 3.63) is 24.3 Å². The van der Waals surface area contributed by atoms with Crippen molar-refractivity contribution >= 4 is 56.4 Å². The number of para-hydroxylation sites is 1. The van der Waals surface area contributed by atoms with Crippen molar-refractivity contribution in [2.75, 3.05) is 20.2 Å². The van der Waals surface area contributed by atoms with E-state index in [2.05, 4.69) is 36.9 Å². The third-order valence-corrected chi connectivity index (χ3v) is 10.2. The van der Waals surface area contributed by atoms with Crippen molar-refractivity contribution in [2.45, 2.75) is 40.4 Å². The predicted molar refractivity (Wildman–Crippen MR) is 125 cm³/mol. The van der Waals surface area contributed by atoms with E-state index >= 15 is 0 Å². The number of carbonyl (C=O) groups excluding carboxylic acids is 3. The number of amides is 3. The fraction of sp³-hybridized carbons (Fsp3) is 0.571. The third kappa shape index (κ3) is 3.36. The monoisotopic (exact) mass is 536 g/mol. The molecule has 2 bridgehead atoms. The zero-order valence-corrected chi connectivity index (χ0v) is 20.4. The number of nitrogens with zero attached hydrogens (tertiary/aromatic N) is 4. The second-order valence-corrected chi connectivity index (χ2v) is 11.4. The van der Waals surface area contributed by atoms with Crippen LogP contribution in [-0.2, 0) is 21.1 Å². The van der Waals surface area contributed by atoms with Crippen LogP contribution in [-0.4, -0.2) is 83.8 Å². The molecule has 176 valence electrons. The molecule has 1 spiro atoms. The van der Waals surface area contributed by atoms with Crippen LogP contribution in [0.2, 0.25) is 0 Å². The van der Waals surface area contributed by atoms with E-state index in [1.54, 1.807) is 28.4 Å². The summed E-state index contributed by atoms with van der Waals surface area (Å²) in [5.41, 5.74) is 1.52. The largest absolute Gasteiger partial charge is 0.396 e. The van der Waals surface area contributed by atoms with Gasteiger partial charge in [0.1, 0.15) is 18.2 Å². The molecule has 33 heavy (non-hydrogen) atoms. The molecule has 3 N–H and O–H groups in total. The van der Waals surface area contributed by atoms with Crippen LogP contribution < -0.4 is 10.6 Å². The van der Waals surface area contributed by atoms with E-state index in [-0.39, 0.29) is 47.6 Å². The van der Waals surface area contributed by atoms with Crippen LogP contribution in [0.1, 0.15) is 12.8 Å². The van der Waals surface area contributed by atoms with E-state index in [0.717, 1.165) is 11.0 Å². The number of likely N-dealkylation sites (tertiary alicyclic amines) is 1. The first-order valence-corrected chi connectivity index (χ1v) is 12.7. The number of alkyl halides is 1. The van der Waals surface area contributed by atoms with Crippen LogP contribution in [0.25, 0.3) is 11.0 Å². The minimum atomic E-state index is -0.735. The van der Waals surface area contributed by atoms with Crippen molar-refractivity contribution in [1.29, 1.82) is 0 Å². The SMILES string of the molecule is CNC(=O)[C@H]1[C@@H]2SC3(CC2Br)C(C(=O)NCn2nnc4ccccc42)N(CCCO)C(=O)[C@H]13. The molecule has 3 aliphatic rings. The zero-order chi connectivity index (χ0) is 23.3. The van der Waals surface area contributed by atoms with Crippen molar-refractivity contribution in [2.24, 2.45) is 11.8 Å². The van der Waals surface area contributed by atoms with Gasteiger partial charge in [-0.3, -0.25) is 14.4 Å². The van der Waals surface area contributed by atoms with Gasteiger partial charge in [-0.1, -0.05) is 33.3 Å². The van der Waals surface area contributed by atoms with Gasteiger partial charge in [0.15, 0.2) is 0 Å². The number of nitrogens with one attached hydrogen (secondary N) is 2. The highest BCUT2D eigenvalue weighted by Gasteiger charge is 2.75. The quantitative estimate of drug-likeness (QED) is 0.428. The minimum Gasteiger partial charge on any atom is -0.396 e. The van der Waals surface area contributed by atoms with Crippen LogP contribution in [0.4, 0.5) is 0 Å². The van der Waals surface area contributed by atoms with Gasteiger partial charge in [0, 0.05) is 30.3 Å². The average Bonchev–Trinajstić information content (AvgIpc) is 3.53. The molecular formula is C21H25BrN6O4S. The number of rotatable bonds is 7. The van der Waals surface area contributed by atoms with E-state index in [4.69, 9.17) is 0 Å². The van der Waals surface area contributed by atoms with Crippen LogP contribution in [0, 0.1) is 11.8 Å². The summed E-state index contributed by atoms with van der Waals surface area (Å²) in [6.45, 7) is 0.288. The fourth-order valence-corrected chi connectivity index (χ4v) is 9.27. The summed E-state index contributed by atoms with van der Waals surface area (Å²) >= 11 is 5.29. The lowest BCUT2D eigenvalue weighted by molar-refractivity contribution is -0.140. The maximum Gasteiger partial charge on any atom is 0.245 e. The highest BCUT2D eigenvalue weighted by molar-refractivity contribution is 9.09. The van der Waals surface area contributed by atoms with Gasteiger partial charge in [0.2, 0.25) is 17.7 Å². The zero-order valence-electron chi connectivity index (χ0n) is 18.0. The van der Waals surface area contributed by atoms with Gasteiger partial charge >= 0.3 is 0 Å². The Labute approximate surface area is 202 Å². The van der Waals surface area contributed by atoms with Crippen LogP contribution >= 0.6 is 27.7 Å². The summed E-state index contributed by atoms with van der Waals surface area (Å²) in [5, 5.41) is 23.2. The Morgan fingerprint density at radius 2 is 2.12 bits per heavy atom. The average molecular weight is 537 g/mol. The second kappa shape index (κ2) is 8.55. The summed E-state index contributed by atoms with van der Waals surface area (Å²) in [7, 11) is 1.57. The van der Waals surface area contributed by atoms with Gasteiger partial charge in [-0.15, -0.1) is 16.9 Å². The van der Waals surface area contributed by atoms with Crippen molar-refractivity contribution in [1.82, 2.24) is 30.5 Å². The highest BCUT2D eigenvalue weighted by atomic mass is 79.9. The molecule has 3 saturated heterocycles. The van der Waals surface area contributed by atoms with Gasteiger partial charge in [-0.05, 0) is 25.0 Å². The maximum absolute atomic E-state index is 13.6. The fourth-order valence-electron chi connectivity index (χ4n) is 5.66. The van der Waals surface area contributed by atoms with Crippen LogP contribution in [0.15, 0.2) is 24.3 Å². The summed E-state index contributed by atoms with van der Waals surface area (Å²) in [6.07, 6.45) is 0.981. The number of fused-ring (bicyclic) bond motifs is 2. The molecule has 0 radical (unpaired) electrons. The molecule has 1 aromatic carbocycles. The summed E-state index contributed by atoms with van der Waals surface area (Å²) in [5.74, 6) is -1.71. The minimum absolute atomic E-state index is 0.0289. The van der Waals surface area contributed by atoms with E-state index in [1.165, 1.54) is 0 Å². The molecule has 2 aromatic rings. The number of aromatic nitrogens is 3. The molecule has 1 aromatic heterocycles. The lowest BCUT2D eigenvalue weighted by Crippen LogP contribution is -2.55. The number of hydrogen-bond donors (Lipinski definition) is 3. The molecular weight excluding hydrogens is 512 g/mol. The van der Waals surface area contributed by atoms with Crippen LogP contribution in [0.5, 0.6) is 0 Å². The second-order valence-electron chi connectivity index (χ2n) is 8.66. The summed E-state index contributed by atoms with van der Waals surface area (Å²) in [4.78, 5) is 41.5. The topological polar surface area (TPSA) is 129 Å². The number of hydrogen-bond acceptors (Lipinski definition) is 7. The predicted octanol–water partition coefficient (Wildman–Crippen LogP) is 0.0980. The Balaban J connectivity index is 1.45. The summed E-state index contributed by atoms with van der Waals surface area (Å²) in [6, 6.07) is 6.74. The molecule has 3 aliphatic heterocycles. The lowest BCUT2D eigenvalue weighted by atomic mass is 9.70. The Hall–Kier alpha value is -2.18. The first-order valence-electron chi connectivity index (χ1n) is 10.9. The number of benzene rings is 1. The Bertz CT molecular complexity index is 1110. The number of halogens is 1. The normalized spacial score (nSPS) is 32.4. The molecule has 3 fully saturated rings. The number of aliphatic hydroxyl groups excluding tert-OH is 1. The summed E-state index contributed by atoms with van der Waals surface area (Å²) < 4.78 is 0.911. The molecule has 3 amide bonds. The van der Waals surface area contributed by atoms with Gasteiger partial charge in [-0.2, -0.15) is 0 Å². The number of thioether (sulfide) groups is 1. The van der Waals surface area contributed by atoms with E-state index in [9.17, 15) is 19.5 Å². The van der Waals surface area contributed by atoms with Crippen LogP contribution in [0.3, 0.4) is 0 Å². The van der Waals surface area contributed by atoms with Crippen molar-refractivity contribution in [3.8, 4) is 0 Å². The molecule has 5 rings (SSSR count). The Kier molecular flexibility index (Phi) is 5.86. The van der Waals surface area contributed by atoms with Gasteiger partial charge in [0.25, 0.3) is 0 Å². The van der Waals surface area contributed by atoms with Gasteiger partial charge in [0.05, 0.1) is 22.1 Å². The third-order valence-electron chi connectivity index (χ3n) is 6.97. The molecule has 3 unspecified atom stereocenters. The smallest absolute Gasteiger partial charge is 0.245 e. The van der Waals surface area contributed by atoms with Gasteiger partial charge < -0.3 is 20.6 Å². The Morgan fingerprint density at radius 1 is 1.33 bits per heavy atom. The highest BCUT2D eigenvalue weighted by Crippen LogP contribution is 2.67. The van der Waals surface area contributed by atoms with Gasteiger partial charge in [-0.25, -0.2) is 4.68 Å². The van der Waals surface area contributed by atoms with Crippen molar-refractivity contribution in [3.63, 3.8) is 0 Å². The van der Waals surface area contributed by atoms with Crippen molar-refractivity contribution < 1.29 is 19.5 Å². The van der Waals surface area contributed by atoms with E-state index in [0.29, 0.717) is 12.8 Å². The number of carbonyl (C=O) groups is 3. The molecule has 4 heterocycles. The number of aliphatic hydroxyl groups is 1. The molecule has 0 saturated carbocycles. The maximum atomic E-state index is 13.6. The molecule has 6 atom stereocenters. The first kappa shape index (κ1) is 22.6. The standard InChI is InChI=1S/C21H25BrN6O4S/c1-23-18(30)14-15-20(32)27(7-4-8-29)17(21(15)9-11(22)16(14)33-21)19(31)24-10-28-13-6-3-2-5-12(13)25-26-28/h2-3,5-6,11,14-17,29H,4,7-10H2,1H3,(H,23,30)(H,24,31)/t11?,14-,15+,16-,17?,21?/m1/s1.